The molecule has 0 fully saturated rings. The molecule has 0 aliphatic carbocycles. The van der Waals surface area contributed by atoms with Crippen LogP contribution in [0.1, 0.15) is 43.0 Å². The molecule has 0 atom stereocenters. The molecule has 0 spiro atoms. The number of methoxy groups -OCH3 is 2. The average molecular weight is 354 g/mol. The van der Waals surface area contributed by atoms with Crippen LogP contribution in [0.4, 0.5) is 5.69 Å². The second-order valence-corrected chi connectivity index (χ2v) is 5.44. The van der Waals surface area contributed by atoms with Gasteiger partial charge in [-0.25, -0.2) is 0 Å². The van der Waals surface area contributed by atoms with Crippen LogP contribution in [0.25, 0.3) is 0 Å². The first-order valence-corrected chi connectivity index (χ1v) is 8.31. The molecule has 0 aliphatic rings. The number of nitro groups is 1. The standard InChI is InChI=1S/C17H26N2O6/c1-4-5-6-7-8-18-17(20)13-11-15(24-3)16(25-10-9-23-2)12-14(13)19(21)22/h11-12H,4-10H2,1-3H3,(H,18,20). The zero-order chi connectivity index (χ0) is 18.7. The van der Waals surface area contributed by atoms with Gasteiger partial charge in [0.05, 0.1) is 24.7 Å². The molecule has 8 nitrogen and oxygen atoms in total. The van der Waals surface area contributed by atoms with Crippen LogP contribution in [-0.2, 0) is 4.74 Å². The topological polar surface area (TPSA) is 99.9 Å². The van der Waals surface area contributed by atoms with Crippen molar-refractivity contribution >= 4 is 11.6 Å². The van der Waals surface area contributed by atoms with Gasteiger partial charge in [-0.05, 0) is 6.42 Å². The summed E-state index contributed by atoms with van der Waals surface area (Å²) >= 11 is 0. The monoisotopic (exact) mass is 354 g/mol. The van der Waals surface area contributed by atoms with Crippen molar-refractivity contribution in [3.63, 3.8) is 0 Å². The van der Waals surface area contributed by atoms with Gasteiger partial charge in [-0.2, -0.15) is 0 Å². The molecule has 0 radical (unpaired) electrons. The van der Waals surface area contributed by atoms with Crippen molar-refractivity contribution in [2.75, 3.05) is 34.0 Å². The molecule has 0 bridgehead atoms. The van der Waals surface area contributed by atoms with E-state index in [9.17, 15) is 14.9 Å². The number of carbonyl (C=O) groups excluding carboxylic acids is 1. The minimum atomic E-state index is -0.603. The van der Waals surface area contributed by atoms with Crippen LogP contribution in [0.15, 0.2) is 12.1 Å². The van der Waals surface area contributed by atoms with Crippen molar-refractivity contribution in [1.82, 2.24) is 5.32 Å². The Kier molecular flexibility index (Phi) is 9.31. The van der Waals surface area contributed by atoms with Crippen LogP contribution >= 0.6 is 0 Å². The molecule has 1 rings (SSSR count). The number of nitrogens with one attached hydrogen (secondary N) is 1. The number of nitro benzene ring substituents is 1. The summed E-state index contributed by atoms with van der Waals surface area (Å²) in [7, 11) is 2.94. The summed E-state index contributed by atoms with van der Waals surface area (Å²) in [6, 6.07) is 2.54. The molecule has 1 aromatic carbocycles. The molecule has 0 aliphatic heterocycles. The molecule has 1 aromatic rings. The minimum absolute atomic E-state index is 0.0450. The van der Waals surface area contributed by atoms with E-state index in [2.05, 4.69) is 12.2 Å². The van der Waals surface area contributed by atoms with Crippen molar-refractivity contribution in [2.45, 2.75) is 32.6 Å². The van der Waals surface area contributed by atoms with Gasteiger partial charge in [0.25, 0.3) is 11.6 Å². The average Bonchev–Trinajstić information content (AvgIpc) is 2.61. The highest BCUT2D eigenvalue weighted by Crippen LogP contribution is 2.34. The Hall–Kier alpha value is -2.35. The lowest BCUT2D eigenvalue weighted by Crippen LogP contribution is -2.25. The molecule has 0 saturated carbocycles. The molecule has 140 valence electrons. The van der Waals surface area contributed by atoms with E-state index >= 15 is 0 Å². The Bertz CT molecular complexity index is 577. The molecule has 0 unspecified atom stereocenters. The number of carbonyl (C=O) groups is 1. The molecule has 1 N–H and O–H groups in total. The van der Waals surface area contributed by atoms with Crippen molar-refractivity contribution < 1.29 is 23.9 Å². The van der Waals surface area contributed by atoms with Gasteiger partial charge in [-0.15, -0.1) is 0 Å². The SMILES string of the molecule is CCCCCCNC(=O)c1cc(OC)c(OCCOC)cc1[N+](=O)[O-]. The van der Waals surface area contributed by atoms with E-state index in [1.54, 1.807) is 0 Å². The van der Waals surface area contributed by atoms with Gasteiger partial charge in [-0.3, -0.25) is 14.9 Å². The first kappa shape index (κ1) is 20.7. The molecule has 8 heteroatoms. The van der Waals surface area contributed by atoms with Gasteiger partial charge in [-0.1, -0.05) is 26.2 Å². The first-order valence-electron chi connectivity index (χ1n) is 8.31. The van der Waals surface area contributed by atoms with Crippen LogP contribution in [0, 0.1) is 10.1 Å². The van der Waals surface area contributed by atoms with E-state index in [1.165, 1.54) is 26.4 Å². The minimum Gasteiger partial charge on any atom is -0.493 e. The fourth-order valence-electron chi connectivity index (χ4n) is 2.24. The van der Waals surface area contributed by atoms with E-state index in [4.69, 9.17) is 14.2 Å². The maximum Gasteiger partial charge on any atom is 0.286 e. The third-order valence-corrected chi connectivity index (χ3v) is 3.58. The maximum atomic E-state index is 12.3. The Labute approximate surface area is 147 Å². The normalized spacial score (nSPS) is 10.4. The van der Waals surface area contributed by atoms with Crippen molar-refractivity contribution in [2.24, 2.45) is 0 Å². The number of rotatable bonds is 12. The van der Waals surface area contributed by atoms with Crippen molar-refractivity contribution in [3.05, 3.63) is 27.8 Å². The first-order chi connectivity index (χ1) is 12.0. The van der Waals surface area contributed by atoms with Gasteiger partial charge in [0.2, 0.25) is 0 Å². The van der Waals surface area contributed by atoms with Gasteiger partial charge < -0.3 is 19.5 Å². The van der Waals surface area contributed by atoms with E-state index in [-0.39, 0.29) is 29.4 Å². The van der Waals surface area contributed by atoms with Gasteiger partial charge in [0, 0.05) is 19.7 Å². The van der Waals surface area contributed by atoms with Crippen LogP contribution in [0.5, 0.6) is 11.5 Å². The number of benzene rings is 1. The summed E-state index contributed by atoms with van der Waals surface area (Å²) in [5, 5.41) is 14.0. The van der Waals surface area contributed by atoms with Gasteiger partial charge in [0.15, 0.2) is 11.5 Å². The van der Waals surface area contributed by atoms with E-state index < -0.39 is 10.8 Å². The summed E-state index contributed by atoms with van der Waals surface area (Å²) in [5.41, 5.74) is -0.365. The summed E-state index contributed by atoms with van der Waals surface area (Å²) < 4.78 is 15.5. The van der Waals surface area contributed by atoms with E-state index in [1.807, 2.05) is 0 Å². The third kappa shape index (κ3) is 6.58. The predicted octanol–water partition coefficient (Wildman–Crippen LogP) is 2.94. The largest absolute Gasteiger partial charge is 0.493 e. The molecule has 0 heterocycles. The zero-order valence-electron chi connectivity index (χ0n) is 15.0. The lowest BCUT2D eigenvalue weighted by Gasteiger charge is -2.12. The van der Waals surface area contributed by atoms with Gasteiger partial charge in [0.1, 0.15) is 12.2 Å². The van der Waals surface area contributed by atoms with Crippen LogP contribution in [-0.4, -0.2) is 44.8 Å². The molecular weight excluding hydrogens is 328 g/mol. The second kappa shape index (κ2) is 11.2. The Morgan fingerprint density at radius 2 is 1.92 bits per heavy atom. The number of hydrogen-bond donors (Lipinski definition) is 1. The number of hydrogen-bond acceptors (Lipinski definition) is 6. The number of nitrogens with zero attached hydrogens (tertiary/aromatic N) is 1. The fraction of sp³-hybridized carbons (Fsp3) is 0.588. The molecular formula is C17H26N2O6. The zero-order valence-corrected chi connectivity index (χ0v) is 15.0. The smallest absolute Gasteiger partial charge is 0.286 e. The number of ether oxygens (including phenoxy) is 3. The van der Waals surface area contributed by atoms with Crippen molar-refractivity contribution in [1.29, 1.82) is 0 Å². The molecule has 0 aromatic heterocycles. The van der Waals surface area contributed by atoms with Gasteiger partial charge >= 0.3 is 0 Å². The summed E-state index contributed by atoms with van der Waals surface area (Å²) in [6.07, 6.45) is 4.04. The lowest BCUT2D eigenvalue weighted by molar-refractivity contribution is -0.385. The molecule has 25 heavy (non-hydrogen) atoms. The highest BCUT2D eigenvalue weighted by Gasteiger charge is 2.24. The third-order valence-electron chi connectivity index (χ3n) is 3.58. The second-order valence-electron chi connectivity index (χ2n) is 5.44. The number of amides is 1. The fourth-order valence-corrected chi connectivity index (χ4v) is 2.24. The lowest BCUT2D eigenvalue weighted by atomic mass is 10.1. The van der Waals surface area contributed by atoms with Crippen LogP contribution < -0.4 is 14.8 Å². The Morgan fingerprint density at radius 3 is 2.52 bits per heavy atom. The highest BCUT2D eigenvalue weighted by atomic mass is 16.6. The Balaban J connectivity index is 2.92. The van der Waals surface area contributed by atoms with Crippen molar-refractivity contribution in [3.8, 4) is 11.5 Å². The Morgan fingerprint density at radius 1 is 1.16 bits per heavy atom. The predicted molar refractivity (Wildman–Crippen MR) is 93.5 cm³/mol. The van der Waals surface area contributed by atoms with E-state index in [0.29, 0.717) is 13.2 Å². The summed E-state index contributed by atoms with van der Waals surface area (Å²) in [4.78, 5) is 23.0. The quantitative estimate of drug-likeness (QED) is 0.352. The summed E-state index contributed by atoms with van der Waals surface area (Å²) in [5.74, 6) is -0.0338. The number of unbranched alkanes of at least 4 members (excludes halogenated alkanes) is 3. The van der Waals surface area contributed by atoms with Crippen LogP contribution in [0.2, 0.25) is 0 Å². The van der Waals surface area contributed by atoms with E-state index in [0.717, 1.165) is 25.7 Å². The highest BCUT2D eigenvalue weighted by molar-refractivity contribution is 5.99. The van der Waals surface area contributed by atoms with Crippen LogP contribution in [0.3, 0.4) is 0 Å². The summed E-state index contributed by atoms with van der Waals surface area (Å²) in [6.45, 7) is 3.12. The molecule has 1 amide bonds. The molecule has 0 saturated heterocycles. The maximum absolute atomic E-state index is 12.3.